The summed E-state index contributed by atoms with van der Waals surface area (Å²) >= 11 is 0. The average Bonchev–Trinajstić information content (AvgIpc) is 2.60. The van der Waals surface area contributed by atoms with E-state index in [1.165, 1.54) is 4.90 Å². The zero-order valence-corrected chi connectivity index (χ0v) is 9.81. The van der Waals surface area contributed by atoms with Crippen molar-refractivity contribution in [1.82, 2.24) is 4.90 Å². The van der Waals surface area contributed by atoms with Crippen LogP contribution in [0.2, 0.25) is 0 Å². The fourth-order valence-electron chi connectivity index (χ4n) is 2.17. The predicted octanol–water partition coefficient (Wildman–Crippen LogP) is 1.99. The van der Waals surface area contributed by atoms with Gasteiger partial charge in [0.05, 0.1) is 0 Å². The molecule has 1 heterocycles. The maximum absolute atomic E-state index is 10.9. The monoisotopic (exact) mass is 222 g/mol. The summed E-state index contributed by atoms with van der Waals surface area (Å²) in [5.41, 5.74) is -0.0623. The van der Waals surface area contributed by atoms with E-state index in [2.05, 4.69) is 6.58 Å². The Kier molecular flexibility index (Phi) is 3.58. The zero-order valence-electron chi connectivity index (χ0n) is 9.81. The van der Waals surface area contributed by atoms with Crippen molar-refractivity contribution in [3.05, 3.63) is 12.7 Å². The lowest BCUT2D eigenvalue weighted by Crippen LogP contribution is -2.38. The molecule has 1 fully saturated rings. The zero-order chi connectivity index (χ0) is 12.3. The van der Waals surface area contributed by atoms with Gasteiger partial charge in [-0.15, -0.1) is 6.58 Å². The molecule has 1 aliphatic rings. The number of allylic oxidation sites excluding steroid dienone is 1. The van der Waals surface area contributed by atoms with E-state index in [-0.39, 0.29) is 11.5 Å². The van der Waals surface area contributed by atoms with Crippen molar-refractivity contribution in [2.45, 2.75) is 45.2 Å². The van der Waals surface area contributed by atoms with Gasteiger partial charge in [-0.3, -0.25) is 4.90 Å². The second kappa shape index (κ2) is 4.56. The highest BCUT2D eigenvalue weighted by atomic mass is 16.4. The van der Waals surface area contributed by atoms with E-state index >= 15 is 0 Å². The SMILES string of the molecule is C=CC(C)(C)CC1CCC(C(=O)O)N1C#N. The molecular weight excluding hydrogens is 204 g/mol. The lowest BCUT2D eigenvalue weighted by atomic mass is 9.85. The van der Waals surface area contributed by atoms with Gasteiger partial charge < -0.3 is 5.11 Å². The fraction of sp³-hybridized carbons (Fsp3) is 0.667. The number of rotatable bonds is 4. The van der Waals surface area contributed by atoms with Gasteiger partial charge in [0.25, 0.3) is 0 Å². The van der Waals surface area contributed by atoms with E-state index in [0.29, 0.717) is 6.42 Å². The van der Waals surface area contributed by atoms with Gasteiger partial charge in [-0.25, -0.2) is 4.79 Å². The Morgan fingerprint density at radius 1 is 1.69 bits per heavy atom. The first-order chi connectivity index (χ1) is 7.41. The first-order valence-electron chi connectivity index (χ1n) is 5.46. The molecular formula is C12H18N2O2. The van der Waals surface area contributed by atoms with Crippen LogP contribution in [0.4, 0.5) is 0 Å². The van der Waals surface area contributed by atoms with Crippen LogP contribution in [-0.2, 0) is 4.79 Å². The number of carboxylic acid groups (broad SMARTS) is 1. The van der Waals surface area contributed by atoms with Gasteiger partial charge in [0, 0.05) is 6.04 Å². The highest BCUT2D eigenvalue weighted by Gasteiger charge is 2.39. The summed E-state index contributed by atoms with van der Waals surface area (Å²) < 4.78 is 0. The third-order valence-corrected chi connectivity index (χ3v) is 3.22. The van der Waals surface area contributed by atoms with Gasteiger partial charge in [0.2, 0.25) is 0 Å². The number of carbonyl (C=O) groups is 1. The fourth-order valence-corrected chi connectivity index (χ4v) is 2.17. The van der Waals surface area contributed by atoms with Gasteiger partial charge in [-0.1, -0.05) is 19.9 Å². The van der Waals surface area contributed by atoms with E-state index in [4.69, 9.17) is 10.4 Å². The van der Waals surface area contributed by atoms with Crippen LogP contribution in [0.15, 0.2) is 12.7 Å². The molecule has 0 aliphatic carbocycles. The predicted molar refractivity (Wildman–Crippen MR) is 60.5 cm³/mol. The Morgan fingerprint density at radius 2 is 2.31 bits per heavy atom. The summed E-state index contributed by atoms with van der Waals surface area (Å²) in [6.07, 6.45) is 5.96. The smallest absolute Gasteiger partial charge is 0.327 e. The molecule has 0 aromatic carbocycles. The third-order valence-electron chi connectivity index (χ3n) is 3.22. The van der Waals surface area contributed by atoms with Crippen molar-refractivity contribution in [2.75, 3.05) is 0 Å². The molecule has 1 aliphatic heterocycles. The van der Waals surface area contributed by atoms with Gasteiger partial charge in [-0.05, 0) is 24.7 Å². The van der Waals surface area contributed by atoms with Crippen molar-refractivity contribution in [3.8, 4) is 6.19 Å². The van der Waals surface area contributed by atoms with Crippen molar-refractivity contribution < 1.29 is 9.90 Å². The number of hydrogen-bond acceptors (Lipinski definition) is 3. The molecule has 0 bridgehead atoms. The number of nitrogens with zero attached hydrogens (tertiary/aromatic N) is 2. The third kappa shape index (κ3) is 2.54. The summed E-state index contributed by atoms with van der Waals surface area (Å²) in [6, 6.07) is -0.616. The van der Waals surface area contributed by atoms with Crippen molar-refractivity contribution >= 4 is 5.97 Å². The van der Waals surface area contributed by atoms with Crippen LogP contribution >= 0.6 is 0 Å². The number of aliphatic carboxylic acids is 1. The van der Waals surface area contributed by atoms with Gasteiger partial charge in [-0.2, -0.15) is 5.26 Å². The Labute approximate surface area is 96.2 Å². The van der Waals surface area contributed by atoms with Crippen LogP contribution in [-0.4, -0.2) is 28.1 Å². The van der Waals surface area contributed by atoms with Gasteiger partial charge >= 0.3 is 5.97 Å². The van der Waals surface area contributed by atoms with Crippen LogP contribution in [0.1, 0.15) is 33.1 Å². The first-order valence-corrected chi connectivity index (χ1v) is 5.46. The van der Waals surface area contributed by atoms with Crippen LogP contribution in [0, 0.1) is 16.9 Å². The highest BCUT2D eigenvalue weighted by molar-refractivity contribution is 5.74. The summed E-state index contributed by atoms with van der Waals surface area (Å²) in [6.45, 7) is 7.85. The van der Waals surface area contributed by atoms with E-state index in [0.717, 1.165) is 12.8 Å². The maximum Gasteiger partial charge on any atom is 0.327 e. The van der Waals surface area contributed by atoms with E-state index in [1.54, 1.807) is 0 Å². The Bertz CT molecular complexity index is 330. The molecule has 4 heteroatoms. The van der Waals surface area contributed by atoms with Crippen LogP contribution < -0.4 is 0 Å². The number of hydrogen-bond donors (Lipinski definition) is 1. The van der Waals surface area contributed by atoms with E-state index < -0.39 is 12.0 Å². The Hall–Kier alpha value is -1.50. The maximum atomic E-state index is 10.9. The van der Waals surface area contributed by atoms with Crippen LogP contribution in [0.25, 0.3) is 0 Å². The van der Waals surface area contributed by atoms with Crippen molar-refractivity contribution in [2.24, 2.45) is 5.41 Å². The number of carboxylic acids is 1. The average molecular weight is 222 g/mol. The molecule has 0 amide bonds. The lowest BCUT2D eigenvalue weighted by Gasteiger charge is -2.28. The minimum absolute atomic E-state index is 0.0269. The largest absolute Gasteiger partial charge is 0.480 e. The molecule has 4 nitrogen and oxygen atoms in total. The van der Waals surface area contributed by atoms with Crippen LogP contribution in [0.3, 0.4) is 0 Å². The lowest BCUT2D eigenvalue weighted by molar-refractivity contribution is -0.141. The molecule has 0 radical (unpaired) electrons. The topological polar surface area (TPSA) is 64.3 Å². The molecule has 2 unspecified atom stereocenters. The summed E-state index contributed by atoms with van der Waals surface area (Å²) in [5, 5.41) is 18.0. The molecule has 16 heavy (non-hydrogen) atoms. The highest BCUT2D eigenvalue weighted by Crippen LogP contribution is 2.33. The molecule has 1 saturated heterocycles. The summed E-state index contributed by atoms with van der Waals surface area (Å²) in [7, 11) is 0. The quantitative estimate of drug-likeness (QED) is 0.583. The van der Waals surface area contributed by atoms with E-state index in [1.807, 2.05) is 26.1 Å². The van der Waals surface area contributed by atoms with Crippen molar-refractivity contribution in [1.29, 1.82) is 5.26 Å². The van der Waals surface area contributed by atoms with Crippen LogP contribution in [0.5, 0.6) is 0 Å². The molecule has 88 valence electrons. The minimum atomic E-state index is -0.902. The van der Waals surface area contributed by atoms with E-state index in [9.17, 15) is 4.79 Å². The molecule has 0 spiro atoms. The molecule has 2 atom stereocenters. The number of nitriles is 1. The summed E-state index contributed by atoms with van der Waals surface area (Å²) in [4.78, 5) is 12.4. The molecule has 0 aromatic heterocycles. The second-order valence-electron chi connectivity index (χ2n) is 4.99. The summed E-state index contributed by atoms with van der Waals surface area (Å²) in [5.74, 6) is -0.902. The van der Waals surface area contributed by atoms with Gasteiger partial charge in [0.1, 0.15) is 6.04 Å². The normalized spacial score (nSPS) is 25.2. The minimum Gasteiger partial charge on any atom is -0.480 e. The second-order valence-corrected chi connectivity index (χ2v) is 4.99. The Balaban J connectivity index is 2.74. The molecule has 1 rings (SSSR count). The molecule has 1 N–H and O–H groups in total. The van der Waals surface area contributed by atoms with Crippen molar-refractivity contribution in [3.63, 3.8) is 0 Å². The Morgan fingerprint density at radius 3 is 2.75 bits per heavy atom. The standard InChI is InChI=1S/C12H18N2O2/c1-4-12(2,3)7-9-5-6-10(11(15)16)14(9)8-13/h4,9-10H,1,5-7H2,2-3H3,(H,15,16). The first kappa shape index (κ1) is 12.6. The van der Waals surface area contributed by atoms with Gasteiger partial charge in [0.15, 0.2) is 6.19 Å². The molecule has 0 saturated carbocycles. The number of likely N-dealkylation sites (tertiary alicyclic amines) is 1. The molecule has 0 aromatic rings.